The molecule has 0 amide bonds. The third-order valence-electron chi connectivity index (χ3n) is 3.08. The smallest absolute Gasteiger partial charge is 0.345 e. The van der Waals surface area contributed by atoms with Crippen molar-refractivity contribution in [2.75, 3.05) is 0 Å². The van der Waals surface area contributed by atoms with Crippen molar-refractivity contribution >= 4 is 5.97 Å². The van der Waals surface area contributed by atoms with Crippen LogP contribution in [0.5, 0.6) is 17.4 Å². The lowest BCUT2D eigenvalue weighted by Crippen LogP contribution is -2.24. The van der Waals surface area contributed by atoms with Gasteiger partial charge in [-0.1, -0.05) is 6.07 Å². The summed E-state index contributed by atoms with van der Waals surface area (Å²) in [4.78, 5) is 14.9. The van der Waals surface area contributed by atoms with Crippen LogP contribution in [-0.4, -0.2) is 22.2 Å². The number of benzene rings is 1. The molecule has 0 bridgehead atoms. The van der Waals surface area contributed by atoms with Crippen molar-refractivity contribution in [3.05, 3.63) is 47.7 Å². The maximum atomic E-state index is 10.9. The fourth-order valence-corrected chi connectivity index (χ4v) is 2.04. The van der Waals surface area contributed by atoms with E-state index in [1.54, 1.807) is 30.3 Å². The molecule has 1 atom stereocenters. The molecule has 1 aliphatic rings. The standard InChI is InChI=1S/C15H10N2O4/c16-7-9-1-4-14(17-8-9)20-11-3-2-10-5-13(15(18)19)21-12(10)6-11/h1-4,6,8,13H,5H2,(H,18,19). The summed E-state index contributed by atoms with van der Waals surface area (Å²) in [5.41, 5.74) is 1.28. The van der Waals surface area contributed by atoms with Crippen molar-refractivity contribution in [2.24, 2.45) is 0 Å². The number of rotatable bonds is 3. The number of aliphatic carboxylic acids is 1. The number of carbonyl (C=O) groups is 1. The van der Waals surface area contributed by atoms with E-state index in [-0.39, 0.29) is 0 Å². The molecule has 0 radical (unpaired) electrons. The highest BCUT2D eigenvalue weighted by Crippen LogP contribution is 2.33. The van der Waals surface area contributed by atoms with Gasteiger partial charge in [-0.05, 0) is 17.7 Å². The fraction of sp³-hybridized carbons (Fsp3) is 0.133. The number of nitrogens with zero attached hydrogens (tertiary/aromatic N) is 2. The Balaban J connectivity index is 1.78. The van der Waals surface area contributed by atoms with Crippen LogP contribution in [0.25, 0.3) is 0 Å². The number of nitriles is 1. The SMILES string of the molecule is N#Cc1ccc(Oc2ccc3c(c2)OC(C(=O)O)C3)nc1. The predicted molar refractivity (Wildman–Crippen MR) is 71.2 cm³/mol. The molecule has 0 fully saturated rings. The molecule has 1 aromatic carbocycles. The van der Waals surface area contributed by atoms with Gasteiger partial charge in [0, 0.05) is 24.8 Å². The summed E-state index contributed by atoms with van der Waals surface area (Å²) < 4.78 is 10.9. The number of hydrogen-bond acceptors (Lipinski definition) is 5. The molecule has 2 aromatic rings. The van der Waals surface area contributed by atoms with Crippen LogP contribution < -0.4 is 9.47 Å². The van der Waals surface area contributed by atoms with Crippen LogP contribution in [0.4, 0.5) is 0 Å². The van der Waals surface area contributed by atoms with Gasteiger partial charge in [-0.15, -0.1) is 0 Å². The largest absolute Gasteiger partial charge is 0.478 e. The van der Waals surface area contributed by atoms with Crippen LogP contribution in [0.3, 0.4) is 0 Å². The average molecular weight is 282 g/mol. The topological polar surface area (TPSA) is 92.4 Å². The first kappa shape index (κ1) is 12.9. The van der Waals surface area contributed by atoms with E-state index < -0.39 is 12.1 Å². The van der Waals surface area contributed by atoms with Crippen LogP contribution in [0.2, 0.25) is 0 Å². The molecule has 6 nitrogen and oxygen atoms in total. The molecule has 0 aliphatic carbocycles. The van der Waals surface area contributed by atoms with Crippen molar-refractivity contribution in [3.63, 3.8) is 0 Å². The minimum Gasteiger partial charge on any atom is -0.478 e. The van der Waals surface area contributed by atoms with Gasteiger partial charge in [0.05, 0.1) is 5.56 Å². The van der Waals surface area contributed by atoms with E-state index in [1.807, 2.05) is 6.07 Å². The second-order valence-electron chi connectivity index (χ2n) is 4.52. The normalized spacial score (nSPS) is 15.7. The highest BCUT2D eigenvalue weighted by Gasteiger charge is 2.29. The van der Waals surface area contributed by atoms with E-state index in [2.05, 4.69) is 4.98 Å². The van der Waals surface area contributed by atoms with Crippen LogP contribution in [-0.2, 0) is 11.2 Å². The van der Waals surface area contributed by atoms with Gasteiger partial charge >= 0.3 is 5.97 Å². The fourth-order valence-electron chi connectivity index (χ4n) is 2.04. The molecule has 6 heteroatoms. The Morgan fingerprint density at radius 1 is 1.43 bits per heavy atom. The van der Waals surface area contributed by atoms with E-state index in [4.69, 9.17) is 19.8 Å². The monoisotopic (exact) mass is 282 g/mol. The molecular weight excluding hydrogens is 272 g/mol. The van der Waals surface area contributed by atoms with Gasteiger partial charge in [0.1, 0.15) is 17.6 Å². The van der Waals surface area contributed by atoms with E-state index in [0.29, 0.717) is 29.4 Å². The van der Waals surface area contributed by atoms with Crippen LogP contribution in [0, 0.1) is 11.3 Å². The molecule has 21 heavy (non-hydrogen) atoms. The van der Waals surface area contributed by atoms with Gasteiger partial charge in [0.25, 0.3) is 0 Å². The summed E-state index contributed by atoms with van der Waals surface area (Å²) in [5, 5.41) is 17.6. The zero-order valence-electron chi connectivity index (χ0n) is 10.8. The molecule has 1 aliphatic heterocycles. The highest BCUT2D eigenvalue weighted by molar-refractivity contribution is 5.74. The first-order valence-corrected chi connectivity index (χ1v) is 6.22. The van der Waals surface area contributed by atoms with Crippen molar-refractivity contribution in [2.45, 2.75) is 12.5 Å². The maximum Gasteiger partial charge on any atom is 0.345 e. The molecular formula is C15H10N2O4. The van der Waals surface area contributed by atoms with E-state index in [9.17, 15) is 4.79 Å². The summed E-state index contributed by atoms with van der Waals surface area (Å²) in [6.07, 6.45) is 0.919. The molecule has 0 spiro atoms. The van der Waals surface area contributed by atoms with E-state index >= 15 is 0 Å². The Morgan fingerprint density at radius 3 is 2.95 bits per heavy atom. The third-order valence-corrected chi connectivity index (χ3v) is 3.08. The van der Waals surface area contributed by atoms with Crippen molar-refractivity contribution in [1.29, 1.82) is 5.26 Å². The maximum absolute atomic E-state index is 10.9. The van der Waals surface area contributed by atoms with Crippen molar-refractivity contribution in [3.8, 4) is 23.4 Å². The van der Waals surface area contributed by atoms with Crippen molar-refractivity contribution in [1.82, 2.24) is 4.98 Å². The average Bonchev–Trinajstić information content (AvgIpc) is 2.91. The van der Waals surface area contributed by atoms with Gasteiger partial charge in [-0.3, -0.25) is 0 Å². The van der Waals surface area contributed by atoms with Gasteiger partial charge in [-0.2, -0.15) is 5.26 Å². The Morgan fingerprint density at radius 2 is 2.29 bits per heavy atom. The lowest BCUT2D eigenvalue weighted by molar-refractivity contribution is -0.144. The molecule has 104 valence electrons. The Bertz CT molecular complexity index is 734. The minimum absolute atomic E-state index is 0.347. The summed E-state index contributed by atoms with van der Waals surface area (Å²) in [6.45, 7) is 0. The molecule has 1 aromatic heterocycles. The highest BCUT2D eigenvalue weighted by atomic mass is 16.5. The summed E-state index contributed by atoms with van der Waals surface area (Å²) in [5.74, 6) is 0.370. The Hall–Kier alpha value is -3.07. The zero-order valence-corrected chi connectivity index (χ0v) is 10.8. The molecule has 1 N–H and O–H groups in total. The van der Waals surface area contributed by atoms with E-state index in [1.165, 1.54) is 6.20 Å². The molecule has 3 rings (SSSR count). The van der Waals surface area contributed by atoms with Crippen LogP contribution in [0.1, 0.15) is 11.1 Å². The van der Waals surface area contributed by atoms with E-state index in [0.717, 1.165) is 5.56 Å². The quantitative estimate of drug-likeness (QED) is 0.927. The van der Waals surface area contributed by atoms with Crippen molar-refractivity contribution < 1.29 is 19.4 Å². The third kappa shape index (κ3) is 2.62. The molecule has 0 saturated heterocycles. The number of fused-ring (bicyclic) bond motifs is 1. The molecule has 1 unspecified atom stereocenters. The summed E-state index contributed by atoms with van der Waals surface area (Å²) >= 11 is 0. The number of carboxylic acids is 1. The summed E-state index contributed by atoms with van der Waals surface area (Å²) in [7, 11) is 0. The number of carboxylic acid groups (broad SMARTS) is 1. The molecule has 2 heterocycles. The first-order chi connectivity index (χ1) is 10.2. The summed E-state index contributed by atoms with van der Waals surface area (Å²) in [6, 6.07) is 10.3. The van der Waals surface area contributed by atoms with Gasteiger partial charge in [0.15, 0.2) is 6.10 Å². The number of pyridine rings is 1. The van der Waals surface area contributed by atoms with Crippen LogP contribution in [0.15, 0.2) is 36.5 Å². The number of hydrogen-bond donors (Lipinski definition) is 1. The second-order valence-corrected chi connectivity index (χ2v) is 4.52. The first-order valence-electron chi connectivity index (χ1n) is 6.22. The minimum atomic E-state index is -0.984. The predicted octanol–water partition coefficient (Wildman–Crippen LogP) is 2.13. The van der Waals surface area contributed by atoms with Crippen LogP contribution >= 0.6 is 0 Å². The lowest BCUT2D eigenvalue weighted by atomic mass is 10.1. The van der Waals surface area contributed by atoms with Gasteiger partial charge < -0.3 is 14.6 Å². The van der Waals surface area contributed by atoms with Gasteiger partial charge in [0.2, 0.25) is 5.88 Å². The number of aromatic nitrogens is 1. The lowest BCUT2D eigenvalue weighted by Gasteiger charge is -2.07. The molecule has 0 saturated carbocycles. The number of ether oxygens (including phenoxy) is 2. The zero-order chi connectivity index (χ0) is 14.8. The Kier molecular flexibility index (Phi) is 3.16. The Labute approximate surface area is 120 Å². The second kappa shape index (κ2) is 5.13. The van der Waals surface area contributed by atoms with Gasteiger partial charge in [-0.25, -0.2) is 9.78 Å².